The lowest BCUT2D eigenvalue weighted by atomic mass is 10.0. The summed E-state index contributed by atoms with van der Waals surface area (Å²) in [7, 11) is 0. The Labute approximate surface area is 124 Å². The van der Waals surface area contributed by atoms with Crippen LogP contribution in [-0.2, 0) is 4.79 Å². The average molecular weight is 298 g/mol. The van der Waals surface area contributed by atoms with Gasteiger partial charge in [-0.25, -0.2) is 0 Å². The molecule has 2 rings (SSSR count). The van der Waals surface area contributed by atoms with Crippen LogP contribution in [0.15, 0.2) is 24.3 Å². The average Bonchev–Trinajstić information content (AvgIpc) is 2.65. The number of hydrogen-bond acceptors (Lipinski definition) is 2. The zero-order chi connectivity index (χ0) is 13.7. The Morgan fingerprint density at radius 1 is 1.42 bits per heavy atom. The maximum absolute atomic E-state index is 11.9. The van der Waals surface area contributed by atoms with Crippen LogP contribution >= 0.6 is 23.4 Å². The van der Waals surface area contributed by atoms with Crippen LogP contribution in [-0.4, -0.2) is 35.5 Å². The number of carbonyl (C=O) groups excluding carboxylic acids is 1. The Kier molecular flexibility index (Phi) is 5.59. The van der Waals surface area contributed by atoms with Gasteiger partial charge in [0.15, 0.2) is 0 Å². The molecule has 1 aromatic rings. The maximum atomic E-state index is 11.9. The van der Waals surface area contributed by atoms with Gasteiger partial charge in [-0.05, 0) is 24.5 Å². The van der Waals surface area contributed by atoms with Crippen LogP contribution in [0.4, 0.5) is 0 Å². The molecule has 0 radical (unpaired) electrons. The minimum Gasteiger partial charge on any atom is -0.342 e. The van der Waals surface area contributed by atoms with Gasteiger partial charge < -0.3 is 4.90 Å². The maximum Gasteiger partial charge on any atom is 0.223 e. The van der Waals surface area contributed by atoms with E-state index < -0.39 is 0 Å². The van der Waals surface area contributed by atoms with E-state index in [9.17, 15) is 4.79 Å². The van der Waals surface area contributed by atoms with Crippen molar-refractivity contribution in [3.63, 3.8) is 0 Å². The molecule has 0 bridgehead atoms. The summed E-state index contributed by atoms with van der Waals surface area (Å²) in [5.41, 5.74) is 2.76. The second-order valence-corrected chi connectivity index (χ2v) is 6.51. The Morgan fingerprint density at radius 2 is 2.21 bits per heavy atom. The van der Waals surface area contributed by atoms with E-state index in [0.717, 1.165) is 25.3 Å². The SMILES string of the molecule is Cc1ccccc1C1CCN(C(=O)CCCl)CCS1. The third kappa shape index (κ3) is 3.90. The van der Waals surface area contributed by atoms with Crippen molar-refractivity contribution in [2.45, 2.75) is 25.0 Å². The normalized spacial score (nSPS) is 20.1. The van der Waals surface area contributed by atoms with E-state index in [4.69, 9.17) is 11.6 Å². The van der Waals surface area contributed by atoms with Crippen molar-refractivity contribution in [1.82, 2.24) is 4.90 Å². The molecule has 1 aliphatic rings. The number of amides is 1. The first-order valence-corrected chi connectivity index (χ1v) is 8.31. The fourth-order valence-corrected chi connectivity index (χ4v) is 3.94. The Bertz CT molecular complexity index is 438. The molecule has 0 aromatic heterocycles. The molecule has 0 N–H and O–H groups in total. The third-order valence-corrected chi connectivity index (χ3v) is 5.04. The van der Waals surface area contributed by atoms with Crippen LogP contribution < -0.4 is 0 Å². The fourth-order valence-electron chi connectivity index (χ4n) is 2.46. The van der Waals surface area contributed by atoms with Gasteiger partial charge in [-0.1, -0.05) is 24.3 Å². The number of nitrogens with zero attached hydrogens (tertiary/aromatic N) is 1. The minimum atomic E-state index is 0.195. The van der Waals surface area contributed by atoms with Crippen LogP contribution in [0.1, 0.15) is 29.2 Å². The molecule has 1 unspecified atom stereocenters. The van der Waals surface area contributed by atoms with Gasteiger partial charge in [0.1, 0.15) is 0 Å². The first kappa shape index (κ1) is 14.7. The number of aryl methyl sites for hydroxylation is 1. The molecule has 4 heteroatoms. The highest BCUT2D eigenvalue weighted by molar-refractivity contribution is 7.99. The minimum absolute atomic E-state index is 0.195. The van der Waals surface area contributed by atoms with Gasteiger partial charge in [0.2, 0.25) is 5.91 Å². The van der Waals surface area contributed by atoms with Gasteiger partial charge in [0.25, 0.3) is 0 Å². The summed E-state index contributed by atoms with van der Waals surface area (Å²) in [6.07, 6.45) is 1.49. The third-order valence-electron chi connectivity index (χ3n) is 3.54. The van der Waals surface area contributed by atoms with Crippen LogP contribution in [0.3, 0.4) is 0 Å². The molecule has 1 atom stereocenters. The van der Waals surface area contributed by atoms with Crippen LogP contribution in [0.5, 0.6) is 0 Å². The topological polar surface area (TPSA) is 20.3 Å². The van der Waals surface area contributed by atoms with E-state index in [1.54, 1.807) is 0 Å². The molecule has 2 nitrogen and oxygen atoms in total. The van der Waals surface area contributed by atoms with Crippen molar-refractivity contribution in [3.05, 3.63) is 35.4 Å². The summed E-state index contributed by atoms with van der Waals surface area (Å²) in [5, 5.41) is 0.509. The van der Waals surface area contributed by atoms with Crippen molar-refractivity contribution < 1.29 is 4.79 Å². The van der Waals surface area contributed by atoms with E-state index in [-0.39, 0.29) is 5.91 Å². The number of alkyl halides is 1. The van der Waals surface area contributed by atoms with E-state index in [0.29, 0.717) is 17.6 Å². The first-order chi connectivity index (χ1) is 9.22. The lowest BCUT2D eigenvalue weighted by molar-refractivity contribution is -0.130. The molecule has 0 spiro atoms. The van der Waals surface area contributed by atoms with Gasteiger partial charge in [0, 0.05) is 36.4 Å². The predicted octanol–water partition coefficient (Wildman–Crippen LogP) is 3.63. The molecular formula is C15H20ClNOS. The van der Waals surface area contributed by atoms with Gasteiger partial charge >= 0.3 is 0 Å². The molecule has 1 amide bonds. The van der Waals surface area contributed by atoms with Crippen LogP contribution in [0, 0.1) is 6.92 Å². The highest BCUT2D eigenvalue weighted by Gasteiger charge is 2.22. The molecule has 1 fully saturated rings. The fraction of sp³-hybridized carbons (Fsp3) is 0.533. The standard InChI is InChI=1S/C15H20ClNOS/c1-12-4-2-3-5-13(12)14-7-9-17(10-11-19-14)15(18)6-8-16/h2-5,14H,6-11H2,1H3. The lowest BCUT2D eigenvalue weighted by Crippen LogP contribution is -2.33. The molecule has 1 aromatic carbocycles. The van der Waals surface area contributed by atoms with Crippen molar-refractivity contribution in [2.75, 3.05) is 24.7 Å². The summed E-state index contributed by atoms with van der Waals surface area (Å²) >= 11 is 7.61. The molecule has 0 aliphatic carbocycles. The zero-order valence-corrected chi connectivity index (χ0v) is 12.8. The monoisotopic (exact) mass is 297 g/mol. The summed E-state index contributed by atoms with van der Waals surface area (Å²) in [4.78, 5) is 13.9. The molecule has 1 aliphatic heterocycles. The molecular weight excluding hydrogens is 278 g/mol. The summed E-state index contributed by atoms with van der Waals surface area (Å²) in [5.74, 6) is 1.62. The number of hydrogen-bond donors (Lipinski definition) is 0. The number of thioether (sulfide) groups is 1. The quantitative estimate of drug-likeness (QED) is 0.794. The molecule has 104 valence electrons. The lowest BCUT2D eigenvalue weighted by Gasteiger charge is -2.20. The van der Waals surface area contributed by atoms with Gasteiger partial charge in [-0.2, -0.15) is 11.8 Å². The largest absolute Gasteiger partial charge is 0.342 e. The summed E-state index contributed by atoms with van der Waals surface area (Å²) < 4.78 is 0. The smallest absolute Gasteiger partial charge is 0.223 e. The number of halogens is 1. The van der Waals surface area contributed by atoms with E-state index >= 15 is 0 Å². The van der Waals surface area contributed by atoms with Crippen LogP contribution in [0.2, 0.25) is 0 Å². The van der Waals surface area contributed by atoms with Crippen molar-refractivity contribution >= 4 is 29.3 Å². The molecule has 1 heterocycles. The Balaban J connectivity index is 2.01. The Hall–Kier alpha value is -0.670. The molecule has 0 saturated carbocycles. The second kappa shape index (κ2) is 7.20. The predicted molar refractivity (Wildman–Crippen MR) is 82.9 cm³/mol. The number of rotatable bonds is 3. The number of benzene rings is 1. The highest BCUT2D eigenvalue weighted by Crippen LogP contribution is 2.35. The van der Waals surface area contributed by atoms with Crippen molar-refractivity contribution in [1.29, 1.82) is 0 Å². The van der Waals surface area contributed by atoms with Crippen molar-refractivity contribution in [3.8, 4) is 0 Å². The Morgan fingerprint density at radius 3 is 2.95 bits per heavy atom. The van der Waals surface area contributed by atoms with E-state index in [2.05, 4.69) is 31.2 Å². The highest BCUT2D eigenvalue weighted by atomic mass is 35.5. The van der Waals surface area contributed by atoms with E-state index in [1.807, 2.05) is 16.7 Å². The summed E-state index contributed by atoms with van der Waals surface area (Å²) in [6.45, 7) is 3.86. The second-order valence-electron chi connectivity index (χ2n) is 4.82. The van der Waals surface area contributed by atoms with Crippen molar-refractivity contribution in [2.24, 2.45) is 0 Å². The van der Waals surface area contributed by atoms with Gasteiger partial charge in [0.05, 0.1) is 0 Å². The zero-order valence-electron chi connectivity index (χ0n) is 11.3. The van der Waals surface area contributed by atoms with Gasteiger partial charge in [-0.15, -0.1) is 11.6 Å². The summed E-state index contributed by atoms with van der Waals surface area (Å²) in [6, 6.07) is 8.56. The first-order valence-electron chi connectivity index (χ1n) is 6.73. The molecule has 1 saturated heterocycles. The van der Waals surface area contributed by atoms with Gasteiger partial charge in [-0.3, -0.25) is 4.79 Å². The van der Waals surface area contributed by atoms with Crippen LogP contribution in [0.25, 0.3) is 0 Å². The van der Waals surface area contributed by atoms with E-state index in [1.165, 1.54) is 11.1 Å². The molecule has 19 heavy (non-hydrogen) atoms. The number of carbonyl (C=O) groups is 1.